The molecule has 19 heavy (non-hydrogen) atoms. The molecule has 1 amide bonds. The standard InChI is InChI=1S/C14H16FN3O/c1-2-5-17-6-8-18(9-7-17)14(19)12-4-3-11(15)10-13(12)16/h1,3-4,10H,5-9,16H2. The summed E-state index contributed by atoms with van der Waals surface area (Å²) in [5, 5.41) is 0. The zero-order chi connectivity index (χ0) is 13.8. The van der Waals surface area contributed by atoms with Gasteiger partial charge in [0.2, 0.25) is 0 Å². The fourth-order valence-electron chi connectivity index (χ4n) is 2.14. The molecule has 0 bridgehead atoms. The van der Waals surface area contributed by atoms with Crippen molar-refractivity contribution in [3.05, 3.63) is 29.6 Å². The number of anilines is 1. The molecule has 0 atom stereocenters. The Bertz CT molecular complexity index is 516. The molecule has 1 aromatic rings. The van der Waals surface area contributed by atoms with Gasteiger partial charge in [0, 0.05) is 31.9 Å². The number of amides is 1. The maximum Gasteiger partial charge on any atom is 0.256 e. The molecule has 1 heterocycles. The first-order valence-corrected chi connectivity index (χ1v) is 6.12. The van der Waals surface area contributed by atoms with Gasteiger partial charge in [0.1, 0.15) is 5.82 Å². The second kappa shape index (κ2) is 5.72. The molecule has 1 aliphatic heterocycles. The van der Waals surface area contributed by atoms with Gasteiger partial charge in [-0.3, -0.25) is 9.69 Å². The van der Waals surface area contributed by atoms with Crippen molar-refractivity contribution >= 4 is 11.6 Å². The summed E-state index contributed by atoms with van der Waals surface area (Å²) in [5.41, 5.74) is 6.21. The van der Waals surface area contributed by atoms with Gasteiger partial charge in [0.15, 0.2) is 0 Å². The third kappa shape index (κ3) is 3.04. The molecule has 0 radical (unpaired) electrons. The van der Waals surface area contributed by atoms with E-state index in [0.717, 1.165) is 13.1 Å². The number of terminal acetylenes is 1. The quantitative estimate of drug-likeness (QED) is 0.633. The normalized spacial score (nSPS) is 16.1. The maximum absolute atomic E-state index is 13.0. The highest BCUT2D eigenvalue weighted by molar-refractivity contribution is 5.99. The highest BCUT2D eigenvalue weighted by Gasteiger charge is 2.23. The first-order valence-electron chi connectivity index (χ1n) is 6.12. The van der Waals surface area contributed by atoms with E-state index >= 15 is 0 Å². The topological polar surface area (TPSA) is 49.6 Å². The van der Waals surface area contributed by atoms with Crippen LogP contribution in [0.5, 0.6) is 0 Å². The Labute approximate surface area is 112 Å². The monoisotopic (exact) mass is 261 g/mol. The molecular formula is C14H16FN3O. The van der Waals surface area contributed by atoms with Crippen molar-refractivity contribution in [3.63, 3.8) is 0 Å². The minimum atomic E-state index is -0.437. The summed E-state index contributed by atoms with van der Waals surface area (Å²) in [6.45, 7) is 3.31. The van der Waals surface area contributed by atoms with Crippen molar-refractivity contribution in [1.29, 1.82) is 0 Å². The fourth-order valence-corrected chi connectivity index (χ4v) is 2.14. The number of carbonyl (C=O) groups excluding carboxylic acids is 1. The number of carbonyl (C=O) groups is 1. The molecule has 2 N–H and O–H groups in total. The van der Waals surface area contributed by atoms with E-state index in [2.05, 4.69) is 10.8 Å². The number of nitrogens with two attached hydrogens (primary N) is 1. The summed E-state index contributed by atoms with van der Waals surface area (Å²) in [6.07, 6.45) is 5.25. The summed E-state index contributed by atoms with van der Waals surface area (Å²) < 4.78 is 13.0. The lowest BCUT2D eigenvalue weighted by Crippen LogP contribution is -2.48. The minimum Gasteiger partial charge on any atom is -0.398 e. The van der Waals surface area contributed by atoms with Crippen LogP contribution in [0.25, 0.3) is 0 Å². The molecule has 0 unspecified atom stereocenters. The predicted molar refractivity (Wildman–Crippen MR) is 72.0 cm³/mol. The Morgan fingerprint density at radius 1 is 1.37 bits per heavy atom. The van der Waals surface area contributed by atoms with Gasteiger partial charge in [-0.2, -0.15) is 0 Å². The first kappa shape index (κ1) is 13.4. The highest BCUT2D eigenvalue weighted by atomic mass is 19.1. The lowest BCUT2D eigenvalue weighted by molar-refractivity contribution is 0.0653. The third-order valence-electron chi connectivity index (χ3n) is 3.22. The largest absolute Gasteiger partial charge is 0.398 e. The van der Waals surface area contributed by atoms with Gasteiger partial charge in [-0.05, 0) is 18.2 Å². The van der Waals surface area contributed by atoms with Crippen LogP contribution >= 0.6 is 0 Å². The molecule has 4 nitrogen and oxygen atoms in total. The van der Waals surface area contributed by atoms with E-state index in [1.807, 2.05) is 0 Å². The molecule has 0 spiro atoms. The van der Waals surface area contributed by atoms with E-state index < -0.39 is 5.82 Å². The number of benzene rings is 1. The van der Waals surface area contributed by atoms with Crippen molar-refractivity contribution in [2.45, 2.75) is 0 Å². The van der Waals surface area contributed by atoms with E-state index in [1.54, 1.807) is 4.90 Å². The van der Waals surface area contributed by atoms with Gasteiger partial charge in [0.05, 0.1) is 12.1 Å². The third-order valence-corrected chi connectivity index (χ3v) is 3.22. The Hall–Kier alpha value is -2.06. The second-order valence-corrected chi connectivity index (χ2v) is 4.50. The van der Waals surface area contributed by atoms with E-state index in [0.29, 0.717) is 25.2 Å². The van der Waals surface area contributed by atoms with Crippen molar-refractivity contribution < 1.29 is 9.18 Å². The number of nitrogens with zero attached hydrogens (tertiary/aromatic N) is 2. The number of halogens is 1. The van der Waals surface area contributed by atoms with Crippen molar-refractivity contribution in [2.24, 2.45) is 0 Å². The van der Waals surface area contributed by atoms with E-state index in [4.69, 9.17) is 12.2 Å². The molecular weight excluding hydrogens is 245 g/mol. The van der Waals surface area contributed by atoms with Crippen LogP contribution in [0, 0.1) is 18.2 Å². The molecule has 100 valence electrons. The number of rotatable bonds is 2. The Morgan fingerprint density at radius 3 is 2.63 bits per heavy atom. The number of hydrogen-bond donors (Lipinski definition) is 1. The Balaban J connectivity index is 2.03. The zero-order valence-corrected chi connectivity index (χ0v) is 10.6. The Morgan fingerprint density at radius 2 is 2.05 bits per heavy atom. The average Bonchev–Trinajstić information content (AvgIpc) is 2.39. The lowest BCUT2D eigenvalue weighted by Gasteiger charge is -2.33. The van der Waals surface area contributed by atoms with Crippen LogP contribution in [0.4, 0.5) is 10.1 Å². The fraction of sp³-hybridized carbons (Fsp3) is 0.357. The van der Waals surface area contributed by atoms with Crippen molar-refractivity contribution in [2.75, 3.05) is 38.5 Å². The van der Waals surface area contributed by atoms with Crippen LogP contribution in [0.2, 0.25) is 0 Å². The first-order chi connectivity index (χ1) is 9.11. The van der Waals surface area contributed by atoms with Gasteiger partial charge in [-0.1, -0.05) is 5.92 Å². The van der Waals surface area contributed by atoms with Gasteiger partial charge >= 0.3 is 0 Å². The van der Waals surface area contributed by atoms with Crippen LogP contribution in [0.3, 0.4) is 0 Å². The van der Waals surface area contributed by atoms with Crippen LogP contribution < -0.4 is 5.73 Å². The van der Waals surface area contributed by atoms with E-state index in [-0.39, 0.29) is 11.6 Å². The van der Waals surface area contributed by atoms with Gasteiger partial charge < -0.3 is 10.6 Å². The molecule has 1 aromatic carbocycles. The lowest BCUT2D eigenvalue weighted by atomic mass is 10.1. The SMILES string of the molecule is C#CCN1CCN(C(=O)c2ccc(F)cc2N)CC1. The molecule has 0 saturated carbocycles. The molecule has 0 aliphatic carbocycles. The van der Waals surface area contributed by atoms with Crippen LogP contribution in [-0.4, -0.2) is 48.4 Å². The second-order valence-electron chi connectivity index (χ2n) is 4.50. The van der Waals surface area contributed by atoms with Crippen LogP contribution in [-0.2, 0) is 0 Å². The molecule has 1 fully saturated rings. The number of piperazine rings is 1. The summed E-state index contributed by atoms with van der Waals surface area (Å²) in [7, 11) is 0. The summed E-state index contributed by atoms with van der Waals surface area (Å²) in [5.74, 6) is 2.00. The van der Waals surface area contributed by atoms with Gasteiger partial charge in [-0.25, -0.2) is 4.39 Å². The van der Waals surface area contributed by atoms with E-state index in [1.165, 1.54) is 18.2 Å². The number of hydrogen-bond acceptors (Lipinski definition) is 3. The molecule has 1 aliphatic rings. The smallest absolute Gasteiger partial charge is 0.256 e. The van der Waals surface area contributed by atoms with Crippen LogP contribution in [0.15, 0.2) is 18.2 Å². The molecule has 2 rings (SSSR count). The molecule has 0 aromatic heterocycles. The summed E-state index contributed by atoms with van der Waals surface area (Å²) in [4.78, 5) is 16.1. The van der Waals surface area contributed by atoms with Gasteiger partial charge in [-0.15, -0.1) is 6.42 Å². The number of nitrogen functional groups attached to an aromatic ring is 1. The Kier molecular flexibility index (Phi) is 4.03. The predicted octanol–water partition coefficient (Wildman–Crippen LogP) is 0.799. The summed E-state index contributed by atoms with van der Waals surface area (Å²) >= 11 is 0. The highest BCUT2D eigenvalue weighted by Crippen LogP contribution is 2.16. The minimum absolute atomic E-state index is 0.155. The van der Waals surface area contributed by atoms with Crippen LogP contribution in [0.1, 0.15) is 10.4 Å². The molecule has 1 saturated heterocycles. The van der Waals surface area contributed by atoms with Crippen molar-refractivity contribution in [1.82, 2.24) is 9.80 Å². The van der Waals surface area contributed by atoms with E-state index in [9.17, 15) is 9.18 Å². The van der Waals surface area contributed by atoms with Gasteiger partial charge in [0.25, 0.3) is 5.91 Å². The van der Waals surface area contributed by atoms with Crippen molar-refractivity contribution in [3.8, 4) is 12.3 Å². The maximum atomic E-state index is 13.0. The average molecular weight is 261 g/mol. The summed E-state index contributed by atoms with van der Waals surface area (Å²) in [6, 6.07) is 3.85. The molecule has 5 heteroatoms. The zero-order valence-electron chi connectivity index (χ0n) is 10.6.